The normalized spacial score (nSPS) is 12.3. The summed E-state index contributed by atoms with van der Waals surface area (Å²) in [4.78, 5) is 24.4. The molecule has 0 saturated heterocycles. The molecule has 4 aromatic rings. The molecule has 0 radical (unpaired) electrons. The van der Waals surface area contributed by atoms with Gasteiger partial charge in [0.2, 0.25) is 11.8 Å². The van der Waals surface area contributed by atoms with Gasteiger partial charge < -0.3 is 20.1 Å². The van der Waals surface area contributed by atoms with E-state index in [1.165, 1.54) is 18.7 Å². The minimum atomic E-state index is -0.489. The lowest BCUT2D eigenvalue weighted by Gasteiger charge is -2.18. The number of carbonyl (C=O) groups excluding carboxylic acids is 2. The predicted octanol–water partition coefficient (Wildman–Crippen LogP) is 5.49. The number of nitrogens with zero attached hydrogens (tertiary/aromatic N) is 3. The fourth-order valence-corrected chi connectivity index (χ4v) is 4.56. The molecule has 1 aromatic heterocycles. The van der Waals surface area contributed by atoms with Gasteiger partial charge in [0.05, 0.1) is 12.4 Å². The summed E-state index contributed by atoms with van der Waals surface area (Å²) >= 11 is 1.29. The second-order valence-electron chi connectivity index (χ2n) is 8.46. The smallest absolute Gasteiger partial charge is 0.237 e. The highest BCUT2D eigenvalue weighted by Gasteiger charge is 2.24. The number of methoxy groups -OCH3 is 1. The molecule has 2 unspecified atom stereocenters. The van der Waals surface area contributed by atoms with Crippen molar-refractivity contribution in [2.24, 2.45) is 0 Å². The first-order chi connectivity index (χ1) is 18.3. The summed E-state index contributed by atoms with van der Waals surface area (Å²) in [6.07, 6.45) is -0.425. The Morgan fingerprint density at radius 3 is 2.18 bits per heavy atom. The summed E-state index contributed by atoms with van der Waals surface area (Å²) in [5.74, 6) is 1.63. The number of thioether (sulfide) groups is 1. The fourth-order valence-electron chi connectivity index (χ4n) is 3.69. The monoisotopic (exact) mass is 531 g/mol. The maximum atomic E-state index is 13.0. The molecule has 0 fully saturated rings. The number of amides is 2. The Kier molecular flexibility index (Phi) is 8.65. The van der Waals surface area contributed by atoms with Gasteiger partial charge in [-0.1, -0.05) is 36.0 Å². The van der Waals surface area contributed by atoms with Crippen molar-refractivity contribution in [3.63, 3.8) is 0 Å². The molecule has 0 saturated carbocycles. The van der Waals surface area contributed by atoms with Crippen LogP contribution in [-0.2, 0) is 9.59 Å². The Balaban J connectivity index is 1.53. The molecular formula is C28H29N5O4S. The Morgan fingerprint density at radius 2 is 1.53 bits per heavy atom. The fraction of sp³-hybridized carbons (Fsp3) is 0.214. The van der Waals surface area contributed by atoms with Crippen LogP contribution in [0.2, 0.25) is 0 Å². The molecule has 0 aliphatic carbocycles. The van der Waals surface area contributed by atoms with Crippen LogP contribution < -0.4 is 20.1 Å². The number of aromatic nitrogens is 3. The van der Waals surface area contributed by atoms with Gasteiger partial charge >= 0.3 is 0 Å². The Hall–Kier alpha value is -4.31. The molecule has 1 heterocycles. The summed E-state index contributed by atoms with van der Waals surface area (Å²) in [5.41, 5.74) is 2.05. The van der Waals surface area contributed by atoms with Crippen LogP contribution in [-0.4, -0.2) is 38.9 Å². The Morgan fingerprint density at radius 1 is 0.868 bits per heavy atom. The van der Waals surface area contributed by atoms with Crippen molar-refractivity contribution in [1.82, 2.24) is 14.8 Å². The molecule has 196 valence electrons. The van der Waals surface area contributed by atoms with E-state index in [4.69, 9.17) is 9.47 Å². The zero-order valence-corrected chi connectivity index (χ0v) is 22.4. The third-order valence-electron chi connectivity index (χ3n) is 5.51. The zero-order valence-electron chi connectivity index (χ0n) is 21.5. The van der Waals surface area contributed by atoms with Gasteiger partial charge in [0.15, 0.2) is 17.1 Å². The maximum Gasteiger partial charge on any atom is 0.237 e. The van der Waals surface area contributed by atoms with E-state index in [9.17, 15) is 9.59 Å². The highest BCUT2D eigenvalue weighted by atomic mass is 32.2. The molecular weight excluding hydrogens is 502 g/mol. The lowest BCUT2D eigenvalue weighted by molar-refractivity contribution is -0.115. The predicted molar refractivity (Wildman–Crippen MR) is 148 cm³/mol. The van der Waals surface area contributed by atoms with Gasteiger partial charge in [-0.2, -0.15) is 0 Å². The molecule has 2 atom stereocenters. The molecule has 38 heavy (non-hydrogen) atoms. The minimum Gasteiger partial charge on any atom is -0.497 e. The van der Waals surface area contributed by atoms with Crippen molar-refractivity contribution in [3.8, 4) is 17.2 Å². The molecule has 0 aliphatic heterocycles. The number of para-hydroxylation sites is 1. The van der Waals surface area contributed by atoms with Gasteiger partial charge in [-0.25, -0.2) is 0 Å². The van der Waals surface area contributed by atoms with E-state index in [-0.39, 0.29) is 11.8 Å². The van der Waals surface area contributed by atoms with Crippen LogP contribution >= 0.6 is 11.8 Å². The first kappa shape index (κ1) is 26.7. The minimum absolute atomic E-state index is 0.182. The van der Waals surface area contributed by atoms with Crippen molar-refractivity contribution in [2.75, 3.05) is 17.7 Å². The van der Waals surface area contributed by atoms with Crippen molar-refractivity contribution >= 4 is 35.0 Å². The third-order valence-corrected chi connectivity index (χ3v) is 6.55. The number of nitrogens with one attached hydrogen (secondary N) is 2. The summed E-state index contributed by atoms with van der Waals surface area (Å²) in [6, 6.07) is 24.0. The Labute approximate surface area is 225 Å². The standard InChI is InChI=1S/C28H29N5O4S/c1-18(37-25-15-13-24(36-4)14-16-25)26-31-32-28(33(26)23-11-6-5-7-12-23)38-19(2)27(35)30-22-10-8-9-21(17-22)29-20(3)34/h5-19H,1-4H3,(H,29,34)(H,30,35). The van der Waals surface area contributed by atoms with Gasteiger partial charge in [-0.3, -0.25) is 14.2 Å². The summed E-state index contributed by atoms with van der Waals surface area (Å²) in [5, 5.41) is 14.5. The van der Waals surface area contributed by atoms with E-state index in [2.05, 4.69) is 20.8 Å². The average Bonchev–Trinajstić information content (AvgIpc) is 3.33. The molecule has 0 spiro atoms. The summed E-state index contributed by atoms with van der Waals surface area (Å²) in [6.45, 7) is 5.14. The van der Waals surface area contributed by atoms with Crippen LogP contribution in [0.4, 0.5) is 11.4 Å². The highest BCUT2D eigenvalue weighted by molar-refractivity contribution is 8.00. The molecule has 10 heteroatoms. The van der Waals surface area contributed by atoms with Crippen molar-refractivity contribution in [2.45, 2.75) is 37.3 Å². The van der Waals surface area contributed by atoms with Crippen molar-refractivity contribution in [1.29, 1.82) is 0 Å². The number of ether oxygens (including phenoxy) is 2. The lowest BCUT2D eigenvalue weighted by Crippen LogP contribution is -2.23. The maximum absolute atomic E-state index is 13.0. The van der Waals surface area contributed by atoms with Gasteiger partial charge in [0.25, 0.3) is 0 Å². The van der Waals surface area contributed by atoms with Gasteiger partial charge in [0, 0.05) is 24.0 Å². The van der Waals surface area contributed by atoms with Crippen LogP contribution in [0.25, 0.3) is 5.69 Å². The number of hydrogen-bond donors (Lipinski definition) is 2. The van der Waals surface area contributed by atoms with Gasteiger partial charge in [-0.05, 0) is 68.4 Å². The molecule has 0 bridgehead atoms. The molecule has 0 aliphatic rings. The number of hydrogen-bond acceptors (Lipinski definition) is 7. The summed E-state index contributed by atoms with van der Waals surface area (Å²) in [7, 11) is 1.62. The molecule has 4 rings (SSSR count). The van der Waals surface area contributed by atoms with E-state index in [1.54, 1.807) is 38.3 Å². The second-order valence-corrected chi connectivity index (χ2v) is 9.77. The number of carbonyl (C=O) groups is 2. The lowest BCUT2D eigenvalue weighted by atomic mass is 10.2. The molecule has 9 nitrogen and oxygen atoms in total. The quantitative estimate of drug-likeness (QED) is 0.260. The van der Waals surface area contributed by atoms with E-state index in [1.807, 2.05) is 66.1 Å². The highest BCUT2D eigenvalue weighted by Crippen LogP contribution is 2.31. The van der Waals surface area contributed by atoms with Crippen molar-refractivity contribution in [3.05, 3.63) is 84.7 Å². The first-order valence-corrected chi connectivity index (χ1v) is 12.9. The number of anilines is 2. The Bertz CT molecular complexity index is 1390. The SMILES string of the molecule is COc1ccc(OC(C)c2nnc(SC(C)C(=O)Nc3cccc(NC(C)=O)c3)n2-c2ccccc2)cc1. The number of rotatable bonds is 10. The molecule has 3 aromatic carbocycles. The first-order valence-electron chi connectivity index (χ1n) is 12.0. The van der Waals surface area contributed by atoms with Crippen LogP contribution in [0.15, 0.2) is 84.0 Å². The van der Waals surface area contributed by atoms with E-state index in [0.29, 0.717) is 28.1 Å². The largest absolute Gasteiger partial charge is 0.497 e. The van der Waals surface area contributed by atoms with Crippen LogP contribution in [0.3, 0.4) is 0 Å². The molecule has 2 N–H and O–H groups in total. The van der Waals surface area contributed by atoms with Gasteiger partial charge in [-0.15, -0.1) is 10.2 Å². The summed E-state index contributed by atoms with van der Waals surface area (Å²) < 4.78 is 13.3. The van der Waals surface area contributed by atoms with Gasteiger partial charge in [0.1, 0.15) is 11.5 Å². The van der Waals surface area contributed by atoms with Crippen LogP contribution in [0.1, 0.15) is 32.7 Å². The number of benzene rings is 3. The topological polar surface area (TPSA) is 107 Å². The van der Waals surface area contributed by atoms with Crippen molar-refractivity contribution < 1.29 is 19.1 Å². The average molecular weight is 532 g/mol. The third kappa shape index (κ3) is 6.71. The molecule has 2 amide bonds. The van der Waals surface area contributed by atoms with E-state index in [0.717, 1.165) is 11.4 Å². The van der Waals surface area contributed by atoms with E-state index < -0.39 is 11.4 Å². The zero-order chi connectivity index (χ0) is 27.1. The van der Waals surface area contributed by atoms with Crippen LogP contribution in [0, 0.1) is 0 Å². The second kappa shape index (κ2) is 12.3. The van der Waals surface area contributed by atoms with E-state index >= 15 is 0 Å². The van der Waals surface area contributed by atoms with Crippen LogP contribution in [0.5, 0.6) is 11.5 Å².